The van der Waals surface area contributed by atoms with Crippen molar-refractivity contribution in [2.24, 2.45) is 0 Å². The Kier molecular flexibility index (Phi) is 3.81. The van der Waals surface area contributed by atoms with Crippen LogP contribution in [-0.2, 0) is 6.18 Å². The van der Waals surface area contributed by atoms with Crippen molar-refractivity contribution in [3.63, 3.8) is 0 Å². The van der Waals surface area contributed by atoms with Crippen LogP contribution in [0.4, 0.5) is 24.5 Å². The molecule has 0 aliphatic carbocycles. The zero-order valence-electron chi connectivity index (χ0n) is 10.5. The summed E-state index contributed by atoms with van der Waals surface area (Å²) in [5.74, 6) is 0. The number of aliphatic hydroxyl groups excluding tert-OH is 1. The number of nitrogen functional groups attached to an aromatic ring is 1. The fraction of sp³-hybridized carbons (Fsp3) is 0.500. The van der Waals surface area contributed by atoms with Gasteiger partial charge in [-0.2, -0.15) is 13.2 Å². The molecule has 0 bridgehead atoms. The highest BCUT2D eigenvalue weighted by molar-refractivity contribution is 5.61. The highest BCUT2D eigenvalue weighted by atomic mass is 19.4. The van der Waals surface area contributed by atoms with Crippen molar-refractivity contribution in [1.82, 2.24) is 0 Å². The van der Waals surface area contributed by atoms with Crippen molar-refractivity contribution in [1.29, 1.82) is 0 Å². The van der Waals surface area contributed by atoms with E-state index in [9.17, 15) is 18.3 Å². The predicted octanol–water partition coefficient (Wildman–Crippen LogP) is 2.49. The molecule has 1 rings (SSSR count). The number of benzene rings is 1. The van der Waals surface area contributed by atoms with Crippen molar-refractivity contribution in [2.45, 2.75) is 25.6 Å². The third-order valence-corrected chi connectivity index (χ3v) is 2.98. The first-order valence-electron chi connectivity index (χ1n) is 5.41. The number of hydrogen-bond acceptors (Lipinski definition) is 3. The van der Waals surface area contributed by atoms with E-state index in [0.717, 1.165) is 6.07 Å². The average molecular weight is 262 g/mol. The maximum atomic E-state index is 12.9. The molecule has 0 saturated heterocycles. The van der Waals surface area contributed by atoms with E-state index in [1.807, 2.05) is 0 Å². The Balaban J connectivity index is 3.33. The molecular formula is C12H17F3N2O. The quantitative estimate of drug-likeness (QED) is 0.823. The van der Waals surface area contributed by atoms with E-state index >= 15 is 0 Å². The highest BCUT2D eigenvalue weighted by Gasteiger charge is 2.36. The van der Waals surface area contributed by atoms with Crippen molar-refractivity contribution < 1.29 is 18.3 Å². The molecule has 0 aliphatic rings. The smallest absolute Gasteiger partial charge is 0.399 e. The molecule has 0 saturated carbocycles. The number of nitrogens with two attached hydrogens (primary N) is 1. The summed E-state index contributed by atoms with van der Waals surface area (Å²) in [6, 6.07) is 3.63. The minimum atomic E-state index is -4.48. The van der Waals surface area contributed by atoms with Gasteiger partial charge in [0.25, 0.3) is 0 Å². The van der Waals surface area contributed by atoms with Gasteiger partial charge in [-0.25, -0.2) is 0 Å². The molecule has 3 N–H and O–H groups in total. The van der Waals surface area contributed by atoms with Crippen LogP contribution in [0.2, 0.25) is 0 Å². The molecule has 0 spiro atoms. The minimum Gasteiger partial charge on any atom is -0.399 e. The van der Waals surface area contributed by atoms with Gasteiger partial charge >= 0.3 is 6.18 Å². The number of rotatable bonds is 3. The number of aliphatic hydroxyl groups is 1. The van der Waals surface area contributed by atoms with Crippen molar-refractivity contribution in [3.8, 4) is 0 Å². The lowest BCUT2D eigenvalue weighted by atomic mass is 10.0. The zero-order valence-corrected chi connectivity index (χ0v) is 10.5. The van der Waals surface area contributed by atoms with E-state index < -0.39 is 17.3 Å². The Hall–Kier alpha value is -1.43. The van der Waals surface area contributed by atoms with Crippen LogP contribution >= 0.6 is 0 Å². The maximum Gasteiger partial charge on any atom is 0.418 e. The van der Waals surface area contributed by atoms with Crippen LogP contribution in [0.25, 0.3) is 0 Å². The summed E-state index contributed by atoms with van der Waals surface area (Å²) in [6.07, 6.45) is -4.48. The molecule has 3 nitrogen and oxygen atoms in total. The first-order chi connectivity index (χ1) is 8.09. The van der Waals surface area contributed by atoms with Crippen molar-refractivity contribution in [3.05, 3.63) is 23.8 Å². The van der Waals surface area contributed by atoms with Crippen LogP contribution in [0.3, 0.4) is 0 Å². The van der Waals surface area contributed by atoms with Gasteiger partial charge in [-0.05, 0) is 32.0 Å². The molecule has 0 aliphatic heterocycles. The van der Waals surface area contributed by atoms with Crippen LogP contribution in [0.5, 0.6) is 0 Å². The molecule has 0 radical (unpaired) electrons. The second kappa shape index (κ2) is 4.68. The molecule has 0 heterocycles. The standard InChI is InChI=1S/C12H17F3N2O/c1-11(2,7-18)17(3)10-5-4-8(16)6-9(10)12(13,14)15/h4-6,18H,7,16H2,1-3H3. The summed E-state index contributed by atoms with van der Waals surface area (Å²) in [5, 5.41) is 9.23. The molecule has 6 heteroatoms. The van der Waals surface area contributed by atoms with Crippen molar-refractivity contribution >= 4 is 11.4 Å². The lowest BCUT2D eigenvalue weighted by Gasteiger charge is -2.37. The molecule has 1 aromatic carbocycles. The number of anilines is 2. The second-order valence-corrected chi connectivity index (χ2v) is 4.80. The van der Waals surface area contributed by atoms with Crippen LogP contribution < -0.4 is 10.6 Å². The van der Waals surface area contributed by atoms with Gasteiger partial charge in [0.2, 0.25) is 0 Å². The summed E-state index contributed by atoms with van der Waals surface area (Å²) >= 11 is 0. The van der Waals surface area contributed by atoms with Gasteiger partial charge in [0, 0.05) is 18.4 Å². The maximum absolute atomic E-state index is 12.9. The topological polar surface area (TPSA) is 49.5 Å². The summed E-state index contributed by atoms with van der Waals surface area (Å²) in [4.78, 5) is 1.40. The van der Waals surface area contributed by atoms with Crippen LogP contribution in [0.15, 0.2) is 18.2 Å². The summed E-state index contributed by atoms with van der Waals surface area (Å²) in [5.41, 5.74) is 3.86. The predicted molar refractivity (Wildman–Crippen MR) is 65.4 cm³/mol. The van der Waals surface area contributed by atoms with Gasteiger partial charge in [0.1, 0.15) is 0 Å². The van der Waals surface area contributed by atoms with E-state index in [1.54, 1.807) is 13.8 Å². The summed E-state index contributed by atoms with van der Waals surface area (Å²) in [6.45, 7) is 3.05. The number of alkyl halides is 3. The largest absolute Gasteiger partial charge is 0.418 e. The Bertz CT molecular complexity index is 430. The van der Waals surface area contributed by atoms with Gasteiger partial charge in [0.15, 0.2) is 0 Å². The van der Waals surface area contributed by atoms with Gasteiger partial charge in [0.05, 0.1) is 17.7 Å². The number of likely N-dealkylation sites (N-methyl/N-ethyl adjacent to an activating group) is 1. The van der Waals surface area contributed by atoms with E-state index in [0.29, 0.717) is 0 Å². The fourth-order valence-corrected chi connectivity index (χ4v) is 1.51. The lowest BCUT2D eigenvalue weighted by Crippen LogP contribution is -2.45. The van der Waals surface area contributed by atoms with Gasteiger partial charge in [-0.15, -0.1) is 0 Å². The first-order valence-corrected chi connectivity index (χ1v) is 5.41. The molecule has 102 valence electrons. The number of nitrogens with zero attached hydrogens (tertiary/aromatic N) is 1. The molecule has 0 unspecified atom stereocenters. The third kappa shape index (κ3) is 2.87. The molecule has 0 atom stereocenters. The SMILES string of the molecule is CN(c1ccc(N)cc1C(F)(F)F)C(C)(C)CO. The molecule has 0 amide bonds. The molecule has 1 aromatic rings. The van der Waals surface area contributed by atoms with Crippen LogP contribution in [-0.4, -0.2) is 24.3 Å². The number of halogens is 3. The van der Waals surface area contributed by atoms with Crippen LogP contribution in [0, 0.1) is 0 Å². The fourth-order valence-electron chi connectivity index (χ4n) is 1.51. The molecular weight excluding hydrogens is 245 g/mol. The molecule has 0 aromatic heterocycles. The Morgan fingerprint density at radius 1 is 1.28 bits per heavy atom. The summed E-state index contributed by atoms with van der Waals surface area (Å²) in [7, 11) is 1.51. The Morgan fingerprint density at radius 2 is 1.83 bits per heavy atom. The van der Waals surface area contributed by atoms with Gasteiger partial charge < -0.3 is 15.7 Å². The van der Waals surface area contributed by atoms with Crippen LogP contribution in [0.1, 0.15) is 19.4 Å². The lowest BCUT2D eigenvalue weighted by molar-refractivity contribution is -0.137. The summed E-state index contributed by atoms with van der Waals surface area (Å²) < 4.78 is 38.8. The molecule has 18 heavy (non-hydrogen) atoms. The average Bonchev–Trinajstić information content (AvgIpc) is 2.27. The monoisotopic (exact) mass is 262 g/mol. The highest BCUT2D eigenvalue weighted by Crippen LogP contribution is 2.39. The van der Waals surface area contributed by atoms with E-state index in [2.05, 4.69) is 0 Å². The third-order valence-electron chi connectivity index (χ3n) is 2.98. The van der Waals surface area contributed by atoms with E-state index in [-0.39, 0.29) is 18.0 Å². The number of hydrogen-bond donors (Lipinski definition) is 2. The van der Waals surface area contributed by atoms with Gasteiger partial charge in [-0.3, -0.25) is 0 Å². The normalized spacial score (nSPS) is 12.6. The Labute approximate surface area is 104 Å². The Morgan fingerprint density at radius 3 is 2.28 bits per heavy atom. The minimum absolute atomic E-state index is 0.00394. The van der Waals surface area contributed by atoms with Gasteiger partial charge in [-0.1, -0.05) is 0 Å². The van der Waals surface area contributed by atoms with E-state index in [4.69, 9.17) is 5.73 Å². The molecule has 0 fully saturated rings. The first kappa shape index (κ1) is 14.6. The zero-order chi connectivity index (χ0) is 14.1. The van der Waals surface area contributed by atoms with E-state index in [1.165, 1.54) is 24.1 Å². The second-order valence-electron chi connectivity index (χ2n) is 4.80. The van der Waals surface area contributed by atoms with Crippen molar-refractivity contribution in [2.75, 3.05) is 24.3 Å².